The highest BCUT2D eigenvalue weighted by molar-refractivity contribution is 6.32. The lowest BCUT2D eigenvalue weighted by molar-refractivity contribution is -0.147. The molecule has 1 atom stereocenters. The number of hydrogen-bond acceptors (Lipinski definition) is 3. The van der Waals surface area contributed by atoms with E-state index in [0.717, 1.165) is 12.8 Å². The molecular formula is C20H21ClF2O4. The van der Waals surface area contributed by atoms with Gasteiger partial charge in [-0.1, -0.05) is 23.7 Å². The van der Waals surface area contributed by atoms with Crippen LogP contribution in [0, 0.1) is 11.7 Å². The first-order valence-electron chi connectivity index (χ1n) is 8.91. The van der Waals surface area contributed by atoms with E-state index < -0.39 is 11.8 Å². The van der Waals surface area contributed by atoms with E-state index in [1.807, 2.05) is 0 Å². The van der Waals surface area contributed by atoms with Gasteiger partial charge in [-0.3, -0.25) is 4.79 Å². The number of halogens is 3. The Morgan fingerprint density at radius 1 is 1.30 bits per heavy atom. The molecule has 1 saturated carbocycles. The second kappa shape index (κ2) is 8.40. The van der Waals surface area contributed by atoms with Crippen molar-refractivity contribution in [2.24, 2.45) is 5.92 Å². The van der Waals surface area contributed by atoms with Crippen LogP contribution in [0.25, 0.3) is 5.57 Å². The minimum Gasteiger partial charge on any atom is -0.490 e. The number of carbonyl (C=O) groups is 1. The standard InChI is InChI=1S/C20H21ClF2O4/c21-17-10-15(14-5-7-16(22)8-6-14)11-20(23,27-12-13-3-4-13)19(17)26-9-1-2-18(24)25/h5-8,10,13H,1-4,9,11-12H2,(H,24,25). The van der Waals surface area contributed by atoms with Crippen LogP contribution in [0.2, 0.25) is 0 Å². The second-order valence-corrected chi connectivity index (χ2v) is 7.27. The summed E-state index contributed by atoms with van der Waals surface area (Å²) in [4.78, 5) is 10.6. The van der Waals surface area contributed by atoms with E-state index in [1.165, 1.54) is 12.1 Å². The zero-order chi connectivity index (χ0) is 19.4. The minimum absolute atomic E-state index is 0.0238. The quantitative estimate of drug-likeness (QED) is 0.592. The van der Waals surface area contributed by atoms with Crippen LogP contribution < -0.4 is 0 Å². The number of allylic oxidation sites excluding steroid dienone is 2. The van der Waals surface area contributed by atoms with Gasteiger partial charge >= 0.3 is 5.97 Å². The molecule has 3 rings (SSSR count). The summed E-state index contributed by atoms with van der Waals surface area (Å²) in [5, 5.41) is 8.77. The van der Waals surface area contributed by atoms with Crippen molar-refractivity contribution in [1.82, 2.24) is 0 Å². The van der Waals surface area contributed by atoms with Crippen LogP contribution in [-0.2, 0) is 14.3 Å². The maximum absolute atomic E-state index is 15.8. The van der Waals surface area contributed by atoms with Crippen molar-refractivity contribution in [3.05, 3.63) is 52.5 Å². The lowest BCUT2D eigenvalue weighted by atomic mass is 9.93. The fraction of sp³-hybridized carbons (Fsp3) is 0.450. The predicted molar refractivity (Wildman–Crippen MR) is 97.2 cm³/mol. The first-order valence-corrected chi connectivity index (χ1v) is 9.29. The topological polar surface area (TPSA) is 55.8 Å². The lowest BCUT2D eigenvalue weighted by Gasteiger charge is -2.32. The van der Waals surface area contributed by atoms with Crippen molar-refractivity contribution in [3.63, 3.8) is 0 Å². The second-order valence-electron chi connectivity index (χ2n) is 6.86. The Morgan fingerprint density at radius 3 is 2.63 bits per heavy atom. The molecule has 0 aromatic heterocycles. The van der Waals surface area contributed by atoms with E-state index in [-0.39, 0.29) is 49.1 Å². The number of carboxylic acid groups (broad SMARTS) is 1. The van der Waals surface area contributed by atoms with Crippen molar-refractivity contribution < 1.29 is 28.2 Å². The number of rotatable bonds is 9. The molecule has 0 aliphatic heterocycles. The molecule has 0 amide bonds. The Hall–Kier alpha value is -1.92. The molecular weight excluding hydrogens is 378 g/mol. The van der Waals surface area contributed by atoms with Gasteiger partial charge in [-0.15, -0.1) is 0 Å². The molecule has 1 aromatic rings. The van der Waals surface area contributed by atoms with Gasteiger partial charge in [-0.25, -0.2) is 8.78 Å². The van der Waals surface area contributed by atoms with Gasteiger partial charge in [0.05, 0.1) is 18.2 Å². The normalized spacial score (nSPS) is 22.6. The SMILES string of the molecule is O=C(O)CCCOC1=C(Cl)C=C(c2ccc(F)cc2)CC1(F)OCC1CC1. The summed E-state index contributed by atoms with van der Waals surface area (Å²) >= 11 is 6.28. The number of carboxylic acids is 1. The predicted octanol–water partition coefficient (Wildman–Crippen LogP) is 5.04. The third-order valence-electron chi connectivity index (χ3n) is 4.52. The summed E-state index contributed by atoms with van der Waals surface area (Å²) in [6.07, 6.45) is 3.63. The van der Waals surface area contributed by atoms with E-state index in [1.54, 1.807) is 18.2 Å². The minimum atomic E-state index is -2.23. The van der Waals surface area contributed by atoms with E-state index >= 15 is 4.39 Å². The van der Waals surface area contributed by atoms with E-state index in [2.05, 4.69) is 0 Å². The molecule has 7 heteroatoms. The van der Waals surface area contributed by atoms with Gasteiger partial charge in [0.25, 0.3) is 5.85 Å². The highest BCUT2D eigenvalue weighted by atomic mass is 35.5. The molecule has 1 N–H and O–H groups in total. The molecule has 1 unspecified atom stereocenters. The average molecular weight is 399 g/mol. The van der Waals surface area contributed by atoms with Crippen LogP contribution in [0.5, 0.6) is 0 Å². The van der Waals surface area contributed by atoms with Gasteiger partial charge in [-0.05, 0) is 54.5 Å². The molecule has 0 heterocycles. The summed E-state index contributed by atoms with van der Waals surface area (Å²) in [7, 11) is 0. The summed E-state index contributed by atoms with van der Waals surface area (Å²) in [6, 6.07) is 5.73. The van der Waals surface area contributed by atoms with E-state index in [0.29, 0.717) is 17.1 Å². The molecule has 1 fully saturated rings. The zero-order valence-electron chi connectivity index (χ0n) is 14.7. The Balaban J connectivity index is 1.80. The van der Waals surface area contributed by atoms with E-state index in [9.17, 15) is 9.18 Å². The summed E-state index contributed by atoms with van der Waals surface area (Å²) in [5.74, 6) is -3.35. The van der Waals surface area contributed by atoms with Crippen LogP contribution in [-0.4, -0.2) is 30.1 Å². The maximum Gasteiger partial charge on any atom is 0.303 e. The molecule has 0 radical (unpaired) electrons. The van der Waals surface area contributed by atoms with Gasteiger partial charge < -0.3 is 14.6 Å². The highest BCUT2D eigenvalue weighted by Crippen LogP contribution is 2.44. The zero-order valence-corrected chi connectivity index (χ0v) is 15.5. The van der Waals surface area contributed by atoms with Gasteiger partial charge in [0.1, 0.15) is 5.82 Å². The first-order chi connectivity index (χ1) is 12.9. The van der Waals surface area contributed by atoms with Gasteiger partial charge in [0.15, 0.2) is 5.76 Å². The number of benzene rings is 1. The molecule has 2 aliphatic carbocycles. The van der Waals surface area contributed by atoms with Crippen LogP contribution in [0.15, 0.2) is 41.1 Å². The Kier molecular flexibility index (Phi) is 6.17. The van der Waals surface area contributed by atoms with Crippen molar-refractivity contribution >= 4 is 23.1 Å². The van der Waals surface area contributed by atoms with Gasteiger partial charge in [0, 0.05) is 12.8 Å². The average Bonchev–Trinajstić information content (AvgIpc) is 3.43. The van der Waals surface area contributed by atoms with Crippen molar-refractivity contribution in [2.45, 2.75) is 38.0 Å². The number of ether oxygens (including phenoxy) is 2. The smallest absolute Gasteiger partial charge is 0.303 e. The van der Waals surface area contributed by atoms with E-state index in [4.69, 9.17) is 26.2 Å². The van der Waals surface area contributed by atoms with Crippen LogP contribution in [0.3, 0.4) is 0 Å². The van der Waals surface area contributed by atoms with Crippen molar-refractivity contribution in [1.29, 1.82) is 0 Å². The molecule has 0 saturated heterocycles. The number of hydrogen-bond donors (Lipinski definition) is 1. The molecule has 2 aliphatic rings. The summed E-state index contributed by atoms with van der Waals surface area (Å²) in [5.41, 5.74) is 1.23. The van der Waals surface area contributed by atoms with Crippen LogP contribution >= 0.6 is 11.6 Å². The Morgan fingerprint density at radius 2 is 2.00 bits per heavy atom. The first kappa shape index (κ1) is 19.8. The van der Waals surface area contributed by atoms with Crippen LogP contribution in [0.1, 0.15) is 37.7 Å². The number of alkyl halides is 1. The number of aliphatic carboxylic acids is 1. The third kappa shape index (κ3) is 5.30. The van der Waals surface area contributed by atoms with Gasteiger partial charge in [-0.2, -0.15) is 0 Å². The maximum atomic E-state index is 15.8. The monoisotopic (exact) mass is 398 g/mol. The third-order valence-corrected chi connectivity index (χ3v) is 4.80. The Labute approximate surface area is 161 Å². The Bertz CT molecular complexity index is 756. The molecule has 146 valence electrons. The molecule has 1 aromatic carbocycles. The van der Waals surface area contributed by atoms with Crippen molar-refractivity contribution in [2.75, 3.05) is 13.2 Å². The fourth-order valence-corrected chi connectivity index (χ4v) is 3.18. The lowest BCUT2D eigenvalue weighted by Crippen LogP contribution is -2.35. The van der Waals surface area contributed by atoms with Crippen molar-refractivity contribution in [3.8, 4) is 0 Å². The fourth-order valence-electron chi connectivity index (χ4n) is 2.85. The van der Waals surface area contributed by atoms with Gasteiger partial charge in [0.2, 0.25) is 0 Å². The molecule has 0 spiro atoms. The summed E-state index contributed by atoms with van der Waals surface area (Å²) < 4.78 is 40.0. The molecule has 4 nitrogen and oxygen atoms in total. The summed E-state index contributed by atoms with van der Waals surface area (Å²) in [6.45, 7) is 0.287. The molecule has 0 bridgehead atoms. The highest BCUT2D eigenvalue weighted by Gasteiger charge is 2.44. The largest absolute Gasteiger partial charge is 0.490 e. The molecule has 27 heavy (non-hydrogen) atoms. The van der Waals surface area contributed by atoms with Crippen LogP contribution in [0.4, 0.5) is 8.78 Å².